The van der Waals surface area contributed by atoms with Crippen molar-refractivity contribution in [3.8, 4) is 6.07 Å². The van der Waals surface area contributed by atoms with Gasteiger partial charge in [-0.3, -0.25) is 0 Å². The minimum absolute atomic E-state index is 0.0493. The molecule has 3 heteroatoms. The molecule has 0 aliphatic carbocycles. The van der Waals surface area contributed by atoms with E-state index >= 15 is 0 Å². The fourth-order valence-corrected chi connectivity index (χ4v) is 2.41. The molecule has 1 aliphatic heterocycles. The number of nitrogens with zero attached hydrogens (tertiary/aromatic N) is 1. The van der Waals surface area contributed by atoms with E-state index in [1.165, 1.54) is 0 Å². The average Bonchev–Trinajstić information content (AvgIpc) is 2.57. The highest BCUT2D eigenvalue weighted by atomic mass is 16.5. The molecule has 3 nitrogen and oxygen atoms in total. The SMILES string of the molecule is Cc1ccc(C2(C(C#N)C(C)C)COC2)o1. The summed E-state index contributed by atoms with van der Waals surface area (Å²) in [5.41, 5.74) is -0.225. The second kappa shape index (κ2) is 3.95. The van der Waals surface area contributed by atoms with Gasteiger partial charge in [-0.15, -0.1) is 0 Å². The third-order valence-corrected chi connectivity index (χ3v) is 3.35. The molecule has 0 saturated carbocycles. The number of hydrogen-bond acceptors (Lipinski definition) is 3. The van der Waals surface area contributed by atoms with Gasteiger partial charge in [0.2, 0.25) is 0 Å². The van der Waals surface area contributed by atoms with Crippen molar-refractivity contribution < 1.29 is 9.15 Å². The Balaban J connectivity index is 2.36. The highest BCUT2D eigenvalue weighted by Gasteiger charge is 2.51. The molecule has 1 unspecified atom stereocenters. The first-order valence-electron chi connectivity index (χ1n) is 5.64. The minimum atomic E-state index is -0.225. The Morgan fingerprint density at radius 3 is 2.38 bits per heavy atom. The smallest absolute Gasteiger partial charge is 0.116 e. The van der Waals surface area contributed by atoms with Crippen LogP contribution in [0.4, 0.5) is 0 Å². The van der Waals surface area contributed by atoms with Crippen molar-refractivity contribution in [1.82, 2.24) is 0 Å². The van der Waals surface area contributed by atoms with Crippen LogP contribution in [0, 0.1) is 30.1 Å². The second-order valence-corrected chi connectivity index (χ2v) is 4.91. The molecule has 1 aromatic rings. The quantitative estimate of drug-likeness (QED) is 0.785. The molecule has 0 spiro atoms. The summed E-state index contributed by atoms with van der Waals surface area (Å²) in [5.74, 6) is 2.05. The van der Waals surface area contributed by atoms with E-state index in [1.807, 2.05) is 19.1 Å². The highest BCUT2D eigenvalue weighted by Crippen LogP contribution is 2.43. The topological polar surface area (TPSA) is 46.2 Å². The average molecular weight is 219 g/mol. The molecule has 1 atom stereocenters. The normalized spacial score (nSPS) is 20.2. The van der Waals surface area contributed by atoms with Crippen molar-refractivity contribution in [3.05, 3.63) is 23.7 Å². The summed E-state index contributed by atoms with van der Waals surface area (Å²) < 4.78 is 11.0. The summed E-state index contributed by atoms with van der Waals surface area (Å²) >= 11 is 0. The molecule has 0 bridgehead atoms. The van der Waals surface area contributed by atoms with Crippen LogP contribution in [0.3, 0.4) is 0 Å². The van der Waals surface area contributed by atoms with Crippen LogP contribution >= 0.6 is 0 Å². The Morgan fingerprint density at radius 2 is 2.06 bits per heavy atom. The molecule has 16 heavy (non-hydrogen) atoms. The lowest BCUT2D eigenvalue weighted by Crippen LogP contribution is -2.53. The van der Waals surface area contributed by atoms with E-state index in [2.05, 4.69) is 19.9 Å². The number of ether oxygens (including phenoxy) is 1. The zero-order chi connectivity index (χ0) is 11.8. The maximum absolute atomic E-state index is 9.32. The van der Waals surface area contributed by atoms with Crippen LogP contribution in [0.15, 0.2) is 16.5 Å². The summed E-state index contributed by atoms with van der Waals surface area (Å²) in [6, 6.07) is 6.34. The van der Waals surface area contributed by atoms with Crippen LogP contribution in [0.1, 0.15) is 25.4 Å². The first-order chi connectivity index (χ1) is 7.60. The zero-order valence-corrected chi connectivity index (χ0v) is 9.99. The van der Waals surface area contributed by atoms with E-state index in [1.54, 1.807) is 0 Å². The lowest BCUT2D eigenvalue weighted by atomic mass is 9.68. The van der Waals surface area contributed by atoms with Gasteiger partial charge in [-0.25, -0.2) is 0 Å². The van der Waals surface area contributed by atoms with Crippen molar-refractivity contribution >= 4 is 0 Å². The van der Waals surface area contributed by atoms with E-state index < -0.39 is 0 Å². The summed E-state index contributed by atoms with van der Waals surface area (Å²) in [7, 11) is 0. The maximum Gasteiger partial charge on any atom is 0.116 e. The highest BCUT2D eigenvalue weighted by molar-refractivity contribution is 5.25. The molecule has 0 aromatic carbocycles. The molecule has 1 fully saturated rings. The van der Waals surface area contributed by atoms with Crippen LogP contribution in [0.25, 0.3) is 0 Å². The Labute approximate surface area is 96.0 Å². The molecule has 1 saturated heterocycles. The Hall–Kier alpha value is -1.27. The van der Waals surface area contributed by atoms with Crippen LogP contribution in [0.5, 0.6) is 0 Å². The van der Waals surface area contributed by atoms with Crippen molar-refractivity contribution in [2.75, 3.05) is 13.2 Å². The van der Waals surface area contributed by atoms with Crippen molar-refractivity contribution in [3.63, 3.8) is 0 Å². The molecule has 2 heterocycles. The molecule has 0 amide bonds. The summed E-state index contributed by atoms with van der Waals surface area (Å²) in [5, 5.41) is 9.32. The largest absolute Gasteiger partial charge is 0.466 e. The molecular weight excluding hydrogens is 202 g/mol. The van der Waals surface area contributed by atoms with Crippen LogP contribution in [-0.4, -0.2) is 13.2 Å². The molecule has 86 valence electrons. The number of nitriles is 1. The Kier molecular flexibility index (Phi) is 2.77. The monoisotopic (exact) mass is 219 g/mol. The molecule has 1 aliphatic rings. The summed E-state index contributed by atoms with van der Waals surface area (Å²) in [6.45, 7) is 7.26. The summed E-state index contributed by atoms with van der Waals surface area (Å²) in [6.07, 6.45) is 0. The van der Waals surface area contributed by atoms with Gasteiger partial charge in [0.1, 0.15) is 11.5 Å². The van der Waals surface area contributed by atoms with E-state index in [0.717, 1.165) is 11.5 Å². The van der Waals surface area contributed by atoms with Gasteiger partial charge in [-0.05, 0) is 25.0 Å². The van der Waals surface area contributed by atoms with Gasteiger partial charge >= 0.3 is 0 Å². The predicted molar refractivity (Wildman–Crippen MR) is 59.9 cm³/mol. The standard InChI is InChI=1S/C13H17NO2/c1-9(2)11(6-14)13(7-15-8-13)12-5-4-10(3)16-12/h4-5,9,11H,7-8H2,1-3H3. The molecular formula is C13H17NO2. The van der Waals surface area contributed by atoms with Gasteiger partial charge in [-0.1, -0.05) is 13.8 Å². The van der Waals surface area contributed by atoms with Crippen molar-refractivity contribution in [2.24, 2.45) is 11.8 Å². The van der Waals surface area contributed by atoms with Gasteiger partial charge in [0, 0.05) is 0 Å². The molecule has 1 aromatic heterocycles. The first kappa shape index (κ1) is 11.2. The van der Waals surface area contributed by atoms with Gasteiger partial charge in [0.05, 0.1) is 30.6 Å². The number of aryl methyl sites for hydroxylation is 1. The zero-order valence-electron chi connectivity index (χ0n) is 9.99. The number of hydrogen-bond donors (Lipinski definition) is 0. The van der Waals surface area contributed by atoms with Crippen LogP contribution in [0.2, 0.25) is 0 Å². The number of rotatable bonds is 3. The molecule has 0 radical (unpaired) electrons. The minimum Gasteiger partial charge on any atom is -0.466 e. The Bertz CT molecular complexity index is 410. The molecule has 2 rings (SSSR count). The maximum atomic E-state index is 9.32. The van der Waals surface area contributed by atoms with E-state index in [9.17, 15) is 5.26 Å². The fraction of sp³-hybridized carbons (Fsp3) is 0.615. The third kappa shape index (κ3) is 1.54. The van der Waals surface area contributed by atoms with Crippen molar-refractivity contribution in [1.29, 1.82) is 5.26 Å². The van der Waals surface area contributed by atoms with E-state index in [4.69, 9.17) is 9.15 Å². The third-order valence-electron chi connectivity index (χ3n) is 3.35. The second-order valence-electron chi connectivity index (χ2n) is 4.91. The van der Waals surface area contributed by atoms with Gasteiger partial charge in [-0.2, -0.15) is 5.26 Å². The van der Waals surface area contributed by atoms with Crippen molar-refractivity contribution in [2.45, 2.75) is 26.2 Å². The lowest BCUT2D eigenvalue weighted by molar-refractivity contribution is -0.0977. The van der Waals surface area contributed by atoms with E-state index in [0.29, 0.717) is 19.1 Å². The van der Waals surface area contributed by atoms with Gasteiger partial charge in [0.25, 0.3) is 0 Å². The van der Waals surface area contributed by atoms with Gasteiger partial charge < -0.3 is 9.15 Å². The van der Waals surface area contributed by atoms with E-state index in [-0.39, 0.29) is 11.3 Å². The number of furan rings is 1. The summed E-state index contributed by atoms with van der Waals surface area (Å²) in [4.78, 5) is 0. The Morgan fingerprint density at radius 1 is 1.38 bits per heavy atom. The first-order valence-corrected chi connectivity index (χ1v) is 5.64. The fourth-order valence-electron chi connectivity index (χ4n) is 2.41. The van der Waals surface area contributed by atoms with Crippen LogP contribution < -0.4 is 0 Å². The van der Waals surface area contributed by atoms with Gasteiger partial charge in [0.15, 0.2) is 0 Å². The van der Waals surface area contributed by atoms with Crippen LogP contribution in [-0.2, 0) is 10.2 Å². The lowest BCUT2D eigenvalue weighted by Gasteiger charge is -2.44. The predicted octanol–water partition coefficient (Wildman–Crippen LogP) is 2.65. The molecule has 0 N–H and O–H groups in total.